The number of ketones is 1. The van der Waals surface area contributed by atoms with Crippen molar-refractivity contribution in [1.29, 1.82) is 0 Å². The van der Waals surface area contributed by atoms with E-state index in [4.69, 9.17) is 0 Å². The van der Waals surface area contributed by atoms with E-state index in [1.807, 2.05) is 0 Å². The molecule has 2 nitrogen and oxygen atoms in total. The number of benzene rings is 1. The van der Waals surface area contributed by atoms with Gasteiger partial charge in [0.15, 0.2) is 0 Å². The van der Waals surface area contributed by atoms with Crippen molar-refractivity contribution in [3.63, 3.8) is 0 Å². The maximum Gasteiger partial charge on any atom is 0.137 e. The van der Waals surface area contributed by atoms with Gasteiger partial charge in [-0.2, -0.15) is 0 Å². The van der Waals surface area contributed by atoms with Crippen LogP contribution in [0.15, 0.2) is 18.2 Å². The van der Waals surface area contributed by atoms with Crippen molar-refractivity contribution in [3.8, 4) is 0 Å². The fourth-order valence-electron chi connectivity index (χ4n) is 3.80. The van der Waals surface area contributed by atoms with Gasteiger partial charge < -0.3 is 0 Å². The molecule has 1 saturated heterocycles. The van der Waals surface area contributed by atoms with Crippen LogP contribution < -0.4 is 0 Å². The van der Waals surface area contributed by atoms with Gasteiger partial charge in [0.2, 0.25) is 0 Å². The van der Waals surface area contributed by atoms with Crippen molar-refractivity contribution in [2.45, 2.75) is 51.1 Å². The molecule has 1 heterocycles. The molecule has 2 unspecified atom stereocenters. The first kappa shape index (κ1) is 14.6. The van der Waals surface area contributed by atoms with Crippen molar-refractivity contribution in [3.05, 3.63) is 35.4 Å². The fraction of sp³-hybridized carbons (Fsp3) is 0.588. The lowest BCUT2D eigenvalue weighted by Crippen LogP contribution is -2.45. The first-order chi connectivity index (χ1) is 10.2. The number of rotatable bonds is 3. The molecule has 1 saturated carbocycles. The van der Waals surface area contributed by atoms with Crippen molar-refractivity contribution < 1.29 is 13.6 Å². The lowest BCUT2D eigenvalue weighted by Gasteiger charge is -2.38. The molecular weight excluding hydrogens is 272 g/mol. The summed E-state index contributed by atoms with van der Waals surface area (Å²) in [5.41, 5.74) is 0.134. The molecule has 114 valence electrons. The lowest BCUT2D eigenvalue weighted by molar-refractivity contribution is -0.123. The van der Waals surface area contributed by atoms with Crippen LogP contribution in [-0.4, -0.2) is 23.3 Å². The molecule has 1 aromatic rings. The third kappa shape index (κ3) is 3.00. The molecular formula is C17H21F2NO. The second-order valence-corrected chi connectivity index (χ2v) is 6.20. The monoisotopic (exact) mass is 293 g/mol. The summed E-state index contributed by atoms with van der Waals surface area (Å²) < 4.78 is 27.7. The van der Waals surface area contributed by atoms with E-state index in [9.17, 15) is 13.6 Å². The molecule has 0 amide bonds. The number of likely N-dealkylation sites (tertiary alicyclic amines) is 1. The van der Waals surface area contributed by atoms with E-state index >= 15 is 0 Å². The first-order valence-electron chi connectivity index (χ1n) is 7.86. The van der Waals surface area contributed by atoms with Crippen LogP contribution in [0.1, 0.15) is 44.1 Å². The first-order valence-corrected chi connectivity index (χ1v) is 7.86. The third-order valence-electron chi connectivity index (χ3n) is 4.90. The standard InChI is InChI=1S/C17H21F2NO/c18-14-6-4-7-15(19)13(14)11-20-10-2-1-8-16(20)12-5-3-9-17(12)21/h4,6-7,12,16H,1-3,5,8-11H2. The van der Waals surface area contributed by atoms with Crippen LogP contribution >= 0.6 is 0 Å². The minimum Gasteiger partial charge on any atom is -0.299 e. The zero-order valence-electron chi connectivity index (χ0n) is 12.2. The Morgan fingerprint density at radius 1 is 1.10 bits per heavy atom. The molecule has 1 aliphatic heterocycles. The zero-order valence-corrected chi connectivity index (χ0v) is 12.2. The summed E-state index contributed by atoms with van der Waals surface area (Å²) in [6, 6.07) is 4.16. The van der Waals surface area contributed by atoms with Crippen molar-refractivity contribution in [1.82, 2.24) is 4.90 Å². The van der Waals surface area contributed by atoms with Crippen LogP contribution in [0, 0.1) is 17.6 Å². The van der Waals surface area contributed by atoms with Crippen molar-refractivity contribution in [2.24, 2.45) is 5.92 Å². The summed E-state index contributed by atoms with van der Waals surface area (Å²) in [7, 11) is 0. The molecule has 2 fully saturated rings. The highest BCUT2D eigenvalue weighted by Crippen LogP contribution is 2.33. The highest BCUT2D eigenvalue weighted by molar-refractivity contribution is 5.83. The maximum absolute atomic E-state index is 13.9. The van der Waals surface area contributed by atoms with E-state index in [1.54, 1.807) is 0 Å². The number of hydrogen-bond acceptors (Lipinski definition) is 2. The summed E-state index contributed by atoms with van der Waals surface area (Å²) in [5.74, 6) is -0.574. The Balaban J connectivity index is 1.80. The van der Waals surface area contributed by atoms with Gasteiger partial charge in [0.1, 0.15) is 17.4 Å². The molecule has 2 aliphatic rings. The maximum atomic E-state index is 13.9. The van der Waals surface area contributed by atoms with E-state index in [0.29, 0.717) is 12.2 Å². The Labute approximate surface area is 124 Å². The Morgan fingerprint density at radius 2 is 1.86 bits per heavy atom. The van der Waals surface area contributed by atoms with Gasteiger partial charge in [0.25, 0.3) is 0 Å². The molecule has 3 rings (SSSR count). The summed E-state index contributed by atoms with van der Waals surface area (Å²) in [6.45, 7) is 1.09. The second-order valence-electron chi connectivity index (χ2n) is 6.20. The Bertz CT molecular complexity index is 511. The summed E-state index contributed by atoms with van der Waals surface area (Å²) in [4.78, 5) is 14.2. The van der Waals surface area contributed by atoms with E-state index in [2.05, 4.69) is 4.90 Å². The highest BCUT2D eigenvalue weighted by atomic mass is 19.1. The number of piperidine rings is 1. The normalized spacial score (nSPS) is 27.2. The van der Waals surface area contributed by atoms with Gasteiger partial charge >= 0.3 is 0 Å². The molecule has 0 radical (unpaired) electrons. The molecule has 21 heavy (non-hydrogen) atoms. The largest absolute Gasteiger partial charge is 0.299 e. The summed E-state index contributed by atoms with van der Waals surface area (Å²) in [6.07, 6.45) is 5.66. The van der Waals surface area contributed by atoms with Gasteiger partial charge in [-0.25, -0.2) is 8.78 Å². The van der Waals surface area contributed by atoms with Gasteiger partial charge in [-0.3, -0.25) is 9.69 Å². The number of nitrogens with zero attached hydrogens (tertiary/aromatic N) is 1. The van der Waals surface area contributed by atoms with Crippen LogP contribution in [0.2, 0.25) is 0 Å². The summed E-state index contributed by atoms with van der Waals surface area (Å²) in [5, 5.41) is 0. The van der Waals surface area contributed by atoms with Crippen LogP contribution in [0.4, 0.5) is 8.78 Å². The quantitative estimate of drug-likeness (QED) is 0.847. The summed E-state index contributed by atoms with van der Waals surface area (Å²) >= 11 is 0. The molecule has 0 aromatic heterocycles. The SMILES string of the molecule is O=C1CCCC1C1CCCCN1Cc1c(F)cccc1F. The third-order valence-corrected chi connectivity index (χ3v) is 4.90. The van der Waals surface area contributed by atoms with Gasteiger partial charge in [0.05, 0.1) is 0 Å². The minimum absolute atomic E-state index is 0.0696. The van der Waals surface area contributed by atoms with E-state index in [-0.39, 0.29) is 24.1 Å². The van der Waals surface area contributed by atoms with E-state index in [1.165, 1.54) is 18.2 Å². The van der Waals surface area contributed by atoms with E-state index < -0.39 is 11.6 Å². The molecule has 1 aliphatic carbocycles. The molecule has 0 N–H and O–H groups in total. The Kier molecular flexibility index (Phi) is 4.34. The van der Waals surface area contributed by atoms with E-state index in [0.717, 1.165) is 38.6 Å². The van der Waals surface area contributed by atoms with Gasteiger partial charge in [-0.1, -0.05) is 12.5 Å². The van der Waals surface area contributed by atoms with Crippen LogP contribution in [0.3, 0.4) is 0 Å². The zero-order chi connectivity index (χ0) is 14.8. The molecule has 4 heteroatoms. The average Bonchev–Trinajstić information content (AvgIpc) is 2.90. The van der Waals surface area contributed by atoms with Crippen molar-refractivity contribution >= 4 is 5.78 Å². The molecule has 2 atom stereocenters. The fourth-order valence-corrected chi connectivity index (χ4v) is 3.80. The number of carbonyl (C=O) groups is 1. The number of Topliss-reactive ketones (excluding diaryl/α,β-unsaturated/α-hetero) is 1. The van der Waals surface area contributed by atoms with Crippen LogP contribution in [0.5, 0.6) is 0 Å². The predicted octanol–water partition coefficient (Wildman–Crippen LogP) is 3.69. The average molecular weight is 293 g/mol. The number of halogens is 2. The number of hydrogen-bond donors (Lipinski definition) is 0. The Morgan fingerprint density at radius 3 is 2.52 bits per heavy atom. The lowest BCUT2D eigenvalue weighted by atomic mass is 9.88. The van der Waals surface area contributed by atoms with Gasteiger partial charge in [0, 0.05) is 30.5 Å². The molecule has 0 bridgehead atoms. The minimum atomic E-state index is -0.489. The van der Waals surface area contributed by atoms with Crippen LogP contribution in [0.25, 0.3) is 0 Å². The Hall–Kier alpha value is -1.29. The van der Waals surface area contributed by atoms with Crippen LogP contribution in [-0.2, 0) is 11.3 Å². The smallest absolute Gasteiger partial charge is 0.137 e. The number of carbonyl (C=O) groups excluding carboxylic acids is 1. The van der Waals surface area contributed by atoms with Crippen molar-refractivity contribution in [2.75, 3.05) is 6.54 Å². The molecule has 1 aromatic carbocycles. The highest BCUT2D eigenvalue weighted by Gasteiger charge is 2.37. The predicted molar refractivity (Wildman–Crippen MR) is 76.8 cm³/mol. The van der Waals surface area contributed by atoms with Gasteiger partial charge in [-0.15, -0.1) is 0 Å². The second kappa shape index (κ2) is 6.22. The molecule has 0 spiro atoms. The van der Waals surface area contributed by atoms with Gasteiger partial charge in [-0.05, 0) is 44.4 Å². The topological polar surface area (TPSA) is 20.3 Å².